The quantitative estimate of drug-likeness (QED) is 0.555. The first kappa shape index (κ1) is 21.4. The highest BCUT2D eigenvalue weighted by Gasteiger charge is 2.27. The topological polar surface area (TPSA) is 111 Å². The van der Waals surface area contributed by atoms with E-state index in [1.807, 2.05) is 13.8 Å². The van der Waals surface area contributed by atoms with Gasteiger partial charge in [-0.25, -0.2) is 8.42 Å². The lowest BCUT2D eigenvalue weighted by atomic mass is 10.2. The highest BCUT2D eigenvalue weighted by Crippen LogP contribution is 2.31. The average molecular weight is 447 g/mol. The van der Waals surface area contributed by atoms with Gasteiger partial charge in [-0.3, -0.25) is 0 Å². The summed E-state index contributed by atoms with van der Waals surface area (Å²) in [6, 6.07) is 8.36. The summed E-state index contributed by atoms with van der Waals surface area (Å²) in [4.78, 5) is 4.53. The molecule has 4 rings (SSSR count). The molecule has 1 saturated heterocycles. The largest absolute Gasteiger partial charge is 0.489 e. The second-order valence-electron chi connectivity index (χ2n) is 7.63. The van der Waals surface area contributed by atoms with Gasteiger partial charge in [0.2, 0.25) is 21.7 Å². The second kappa shape index (κ2) is 9.11. The van der Waals surface area contributed by atoms with Crippen molar-refractivity contribution in [3.05, 3.63) is 42.5 Å². The molecule has 2 aromatic heterocycles. The van der Waals surface area contributed by atoms with Crippen molar-refractivity contribution in [2.75, 3.05) is 18.4 Å². The first-order chi connectivity index (χ1) is 14.9. The van der Waals surface area contributed by atoms with Crippen LogP contribution in [-0.2, 0) is 16.6 Å². The lowest BCUT2D eigenvalue weighted by Crippen LogP contribution is -2.35. The number of hydrogen-bond donors (Lipinski definition) is 1. The van der Waals surface area contributed by atoms with Crippen LogP contribution < -0.4 is 10.1 Å². The van der Waals surface area contributed by atoms with E-state index in [0.717, 1.165) is 19.3 Å². The number of sulfonamides is 1. The Bertz CT molecular complexity index is 1100. The van der Waals surface area contributed by atoms with E-state index in [4.69, 9.17) is 13.7 Å². The second-order valence-corrected chi connectivity index (χ2v) is 9.57. The maximum Gasteiger partial charge on any atom is 0.246 e. The Morgan fingerprint density at radius 3 is 2.71 bits per heavy atom. The van der Waals surface area contributed by atoms with E-state index >= 15 is 0 Å². The molecule has 0 amide bonds. The van der Waals surface area contributed by atoms with Crippen LogP contribution >= 0.6 is 0 Å². The zero-order valence-electron chi connectivity index (χ0n) is 17.6. The lowest BCUT2D eigenvalue weighted by Gasteiger charge is -2.26. The van der Waals surface area contributed by atoms with Crippen LogP contribution in [0.15, 0.2) is 50.4 Å². The predicted octanol–water partition coefficient (Wildman–Crippen LogP) is 3.90. The van der Waals surface area contributed by atoms with Crippen molar-refractivity contribution in [3.63, 3.8) is 0 Å². The normalized spacial score (nSPS) is 15.3. The molecule has 0 atom stereocenters. The maximum absolute atomic E-state index is 13.1. The Morgan fingerprint density at radius 2 is 2.00 bits per heavy atom. The molecule has 9 nitrogen and oxygen atoms in total. The Morgan fingerprint density at radius 1 is 1.19 bits per heavy atom. The Balaban J connectivity index is 1.56. The van der Waals surface area contributed by atoms with Crippen LogP contribution in [0.4, 0.5) is 5.69 Å². The van der Waals surface area contributed by atoms with E-state index in [9.17, 15) is 8.42 Å². The van der Waals surface area contributed by atoms with E-state index in [0.29, 0.717) is 42.0 Å². The molecule has 0 radical (unpaired) electrons. The molecule has 166 valence electrons. The third kappa shape index (κ3) is 4.91. The van der Waals surface area contributed by atoms with Crippen LogP contribution in [0.1, 0.15) is 39.0 Å². The average Bonchev–Trinajstić information content (AvgIpc) is 3.45. The molecule has 1 fully saturated rings. The van der Waals surface area contributed by atoms with Crippen molar-refractivity contribution in [2.24, 2.45) is 0 Å². The van der Waals surface area contributed by atoms with Gasteiger partial charge < -0.3 is 19.0 Å². The van der Waals surface area contributed by atoms with Gasteiger partial charge in [-0.05, 0) is 57.0 Å². The van der Waals surface area contributed by atoms with Crippen molar-refractivity contribution in [1.29, 1.82) is 0 Å². The fraction of sp³-hybridized carbons (Fsp3) is 0.429. The fourth-order valence-electron chi connectivity index (χ4n) is 3.42. The summed E-state index contributed by atoms with van der Waals surface area (Å²) in [6.45, 7) is 5.13. The van der Waals surface area contributed by atoms with Crippen molar-refractivity contribution >= 4 is 15.7 Å². The smallest absolute Gasteiger partial charge is 0.246 e. The number of ether oxygens (including phenoxy) is 1. The molecule has 10 heteroatoms. The minimum absolute atomic E-state index is 0.0703. The maximum atomic E-state index is 13.1. The van der Waals surface area contributed by atoms with Crippen molar-refractivity contribution < 1.29 is 22.1 Å². The van der Waals surface area contributed by atoms with Gasteiger partial charge in [0.15, 0.2) is 5.76 Å². The SMILES string of the molecule is CC(C)Oc1ccc(S(=O)(=O)N2CCCCC2)cc1NCc1nc(-c2ccco2)no1. The molecule has 3 heterocycles. The third-order valence-electron chi connectivity index (χ3n) is 4.91. The fourth-order valence-corrected chi connectivity index (χ4v) is 4.97. The summed E-state index contributed by atoms with van der Waals surface area (Å²) in [5, 5.41) is 7.08. The zero-order chi connectivity index (χ0) is 21.8. The van der Waals surface area contributed by atoms with E-state index in [1.165, 1.54) is 6.26 Å². The minimum Gasteiger partial charge on any atom is -0.489 e. The number of furan rings is 1. The van der Waals surface area contributed by atoms with Gasteiger partial charge in [-0.15, -0.1) is 0 Å². The monoisotopic (exact) mass is 446 g/mol. The highest BCUT2D eigenvalue weighted by atomic mass is 32.2. The molecule has 0 spiro atoms. The summed E-state index contributed by atoms with van der Waals surface area (Å²) >= 11 is 0. The number of benzene rings is 1. The van der Waals surface area contributed by atoms with Crippen LogP contribution in [0.2, 0.25) is 0 Å². The number of aromatic nitrogens is 2. The number of rotatable bonds is 8. The molecule has 1 aliphatic heterocycles. The molecule has 1 N–H and O–H groups in total. The zero-order valence-corrected chi connectivity index (χ0v) is 18.4. The third-order valence-corrected chi connectivity index (χ3v) is 6.80. The van der Waals surface area contributed by atoms with Crippen LogP contribution in [0.5, 0.6) is 5.75 Å². The van der Waals surface area contributed by atoms with Crippen LogP contribution in [0.3, 0.4) is 0 Å². The molecule has 3 aromatic rings. The van der Waals surface area contributed by atoms with Crippen LogP contribution in [0.25, 0.3) is 11.6 Å². The predicted molar refractivity (Wildman–Crippen MR) is 114 cm³/mol. The standard InChI is InChI=1S/C21H26N4O5S/c1-15(2)29-18-9-8-16(31(26,27)25-10-4-3-5-11-25)13-17(18)22-14-20-23-21(24-30-20)19-7-6-12-28-19/h6-9,12-13,15,22H,3-5,10-11,14H2,1-2H3. The molecule has 0 bridgehead atoms. The molecule has 31 heavy (non-hydrogen) atoms. The summed E-state index contributed by atoms with van der Waals surface area (Å²) < 4.78 is 44.1. The van der Waals surface area contributed by atoms with Gasteiger partial charge in [-0.1, -0.05) is 11.6 Å². The molecular formula is C21H26N4O5S. The number of nitrogens with zero attached hydrogens (tertiary/aromatic N) is 3. The molecule has 0 saturated carbocycles. The van der Waals surface area contributed by atoms with Crippen LogP contribution in [-0.4, -0.2) is 42.1 Å². The van der Waals surface area contributed by atoms with Gasteiger partial charge in [-0.2, -0.15) is 9.29 Å². The summed E-state index contributed by atoms with van der Waals surface area (Å²) in [5.74, 6) is 1.75. The summed E-state index contributed by atoms with van der Waals surface area (Å²) in [7, 11) is -3.56. The number of hydrogen-bond acceptors (Lipinski definition) is 8. The first-order valence-corrected chi connectivity index (χ1v) is 11.8. The van der Waals surface area contributed by atoms with Gasteiger partial charge in [0.1, 0.15) is 5.75 Å². The Labute approximate surface area is 181 Å². The van der Waals surface area contributed by atoms with Gasteiger partial charge in [0, 0.05) is 13.1 Å². The van der Waals surface area contributed by atoms with E-state index in [-0.39, 0.29) is 17.5 Å². The lowest BCUT2D eigenvalue weighted by molar-refractivity contribution is 0.243. The Kier molecular flexibility index (Phi) is 6.28. The van der Waals surface area contributed by atoms with Crippen LogP contribution in [0, 0.1) is 0 Å². The van der Waals surface area contributed by atoms with Gasteiger partial charge >= 0.3 is 0 Å². The van der Waals surface area contributed by atoms with E-state index in [1.54, 1.807) is 34.6 Å². The minimum atomic E-state index is -3.56. The number of nitrogens with one attached hydrogen (secondary N) is 1. The summed E-state index contributed by atoms with van der Waals surface area (Å²) in [5.41, 5.74) is 0.546. The molecule has 1 aromatic carbocycles. The number of anilines is 1. The van der Waals surface area contributed by atoms with E-state index < -0.39 is 10.0 Å². The molecule has 1 aliphatic rings. The molecule has 0 unspecified atom stereocenters. The Hall–Kier alpha value is -2.85. The number of piperidine rings is 1. The molecule has 0 aliphatic carbocycles. The van der Waals surface area contributed by atoms with Crippen molar-refractivity contribution in [1.82, 2.24) is 14.4 Å². The van der Waals surface area contributed by atoms with Crippen molar-refractivity contribution in [2.45, 2.75) is 50.7 Å². The van der Waals surface area contributed by atoms with Gasteiger partial charge in [0.25, 0.3) is 0 Å². The summed E-state index contributed by atoms with van der Waals surface area (Å²) in [6.07, 6.45) is 4.29. The van der Waals surface area contributed by atoms with Gasteiger partial charge in [0.05, 0.1) is 29.5 Å². The van der Waals surface area contributed by atoms with E-state index in [2.05, 4.69) is 15.5 Å². The molecular weight excluding hydrogens is 420 g/mol. The highest BCUT2D eigenvalue weighted by molar-refractivity contribution is 7.89. The van der Waals surface area contributed by atoms with Crippen molar-refractivity contribution in [3.8, 4) is 17.3 Å². The first-order valence-electron chi connectivity index (χ1n) is 10.3.